The van der Waals surface area contributed by atoms with Gasteiger partial charge in [-0.05, 0) is 55.5 Å². The quantitative estimate of drug-likeness (QED) is 0.168. The monoisotopic (exact) mass is 571 g/mol. The number of rotatable bonds is 18. The van der Waals surface area contributed by atoms with E-state index in [1.807, 2.05) is 18.2 Å². The number of fused-ring (bicyclic) bond motifs is 1. The first kappa shape index (κ1) is 32.2. The molecule has 220 valence electrons. The number of nitrogens with one attached hydrogen (secondary N) is 1. The van der Waals surface area contributed by atoms with Crippen molar-refractivity contribution in [2.45, 2.75) is 83.1 Å². The van der Waals surface area contributed by atoms with Gasteiger partial charge in [0.2, 0.25) is 5.91 Å². The zero-order valence-corrected chi connectivity index (χ0v) is 24.8. The Labute approximate surface area is 239 Å². The van der Waals surface area contributed by atoms with Crippen LogP contribution < -0.4 is 10.2 Å². The van der Waals surface area contributed by atoms with Gasteiger partial charge in [0.05, 0.1) is 6.61 Å². The molecule has 2 aromatic rings. The fraction of sp³-hybridized carbons (Fsp3) is 0.548. The molecule has 3 rings (SSSR count). The second-order valence-corrected chi connectivity index (χ2v) is 12.2. The molecule has 2 unspecified atom stereocenters. The van der Waals surface area contributed by atoms with E-state index in [1.165, 1.54) is 16.7 Å². The maximum atomic E-state index is 12.7. The summed E-state index contributed by atoms with van der Waals surface area (Å²) in [6, 6.07) is 16.8. The predicted molar refractivity (Wildman–Crippen MR) is 156 cm³/mol. The van der Waals surface area contributed by atoms with Crippen LogP contribution in [-0.2, 0) is 29.7 Å². The second-order valence-electron chi connectivity index (χ2n) is 10.7. The summed E-state index contributed by atoms with van der Waals surface area (Å²) in [6.45, 7) is 1.88. The molecule has 0 radical (unpaired) electrons. The van der Waals surface area contributed by atoms with Crippen molar-refractivity contribution in [2.24, 2.45) is 0 Å². The molecule has 0 aromatic heterocycles. The number of unbranched alkanes of at least 4 members (excludes halogenated alkanes) is 6. The number of nitrogens with zero attached hydrogens (tertiary/aromatic N) is 1. The van der Waals surface area contributed by atoms with Crippen LogP contribution in [0.15, 0.2) is 48.5 Å². The lowest BCUT2D eigenvalue weighted by molar-refractivity contribution is -0.223. The SMILES string of the molecule is COP(=O)([O-])OCCCCCCC(=O)CCCCCCC(=O)Nc1cccc2c1CN(C)CC2c1ccccc1. The minimum atomic E-state index is -4.13. The first-order chi connectivity index (χ1) is 19.3. The van der Waals surface area contributed by atoms with Crippen LogP contribution in [0.4, 0.5) is 5.69 Å². The summed E-state index contributed by atoms with van der Waals surface area (Å²) >= 11 is 0. The summed E-state index contributed by atoms with van der Waals surface area (Å²) in [4.78, 5) is 38.2. The molecule has 40 heavy (non-hydrogen) atoms. The topological polar surface area (TPSA) is 108 Å². The smallest absolute Gasteiger partial charge is 0.267 e. The minimum Gasteiger partial charge on any atom is -0.756 e. The summed E-state index contributed by atoms with van der Waals surface area (Å²) in [5.41, 5.74) is 4.69. The van der Waals surface area contributed by atoms with Gasteiger partial charge in [-0.2, -0.15) is 0 Å². The predicted octanol–water partition coefficient (Wildman–Crippen LogP) is 6.19. The number of hydrogen-bond acceptors (Lipinski definition) is 7. The third-order valence-electron chi connectivity index (χ3n) is 7.42. The lowest BCUT2D eigenvalue weighted by Gasteiger charge is -2.34. The fourth-order valence-electron chi connectivity index (χ4n) is 5.25. The van der Waals surface area contributed by atoms with Crippen LogP contribution in [0.3, 0.4) is 0 Å². The van der Waals surface area contributed by atoms with Gasteiger partial charge >= 0.3 is 0 Å². The number of likely N-dealkylation sites (N-methyl/N-ethyl adjacent to an activating group) is 1. The Morgan fingerprint density at radius 2 is 1.57 bits per heavy atom. The molecule has 1 aliphatic rings. The van der Waals surface area contributed by atoms with Gasteiger partial charge in [-0.3, -0.25) is 14.2 Å². The van der Waals surface area contributed by atoms with Crippen molar-refractivity contribution < 1.29 is 28.1 Å². The zero-order chi connectivity index (χ0) is 28.8. The number of phosphoric acid groups is 1. The Balaban J connectivity index is 1.29. The van der Waals surface area contributed by atoms with Crippen molar-refractivity contribution in [2.75, 3.05) is 32.6 Å². The number of amides is 1. The van der Waals surface area contributed by atoms with Gasteiger partial charge in [0.15, 0.2) is 0 Å². The number of Topliss-reactive ketones (excluding diaryl/α,β-unsaturated/α-hetero) is 1. The van der Waals surface area contributed by atoms with Crippen molar-refractivity contribution >= 4 is 25.2 Å². The summed E-state index contributed by atoms with van der Waals surface area (Å²) < 4.78 is 20.0. The molecule has 1 N–H and O–H groups in total. The van der Waals surface area contributed by atoms with Gasteiger partial charge in [-0.15, -0.1) is 0 Å². The van der Waals surface area contributed by atoms with Crippen LogP contribution >= 0.6 is 7.82 Å². The van der Waals surface area contributed by atoms with E-state index in [-0.39, 0.29) is 24.2 Å². The highest BCUT2D eigenvalue weighted by atomic mass is 31.2. The van der Waals surface area contributed by atoms with Crippen LogP contribution in [-0.4, -0.2) is 43.9 Å². The van der Waals surface area contributed by atoms with E-state index >= 15 is 0 Å². The molecule has 9 heteroatoms. The Bertz CT molecular complexity index is 1130. The minimum absolute atomic E-state index is 0.0413. The van der Waals surface area contributed by atoms with Gasteiger partial charge in [0, 0.05) is 51.1 Å². The molecule has 0 saturated carbocycles. The molecule has 0 bridgehead atoms. The number of ketones is 1. The normalized spacial score (nSPS) is 16.7. The summed E-state index contributed by atoms with van der Waals surface area (Å²) in [6.07, 6.45) is 8.25. The standard InChI is InChI=1S/C31H45N2O6P/c1-33-23-28(25-15-8-7-9-16-25)27-19-14-20-30(29(27)24-33)32-31(35)21-12-4-3-10-17-26(34)18-11-5-6-13-22-39-40(36,37)38-2/h7-9,14-16,19-20,28H,3-6,10-13,17-18,21-24H2,1-2H3,(H,32,35)(H,36,37)/p-1. The molecule has 0 spiro atoms. The zero-order valence-electron chi connectivity index (χ0n) is 23.9. The first-order valence-corrected chi connectivity index (χ1v) is 15.9. The molecular weight excluding hydrogens is 527 g/mol. The van der Waals surface area contributed by atoms with Gasteiger partial charge in [-0.1, -0.05) is 68.1 Å². The van der Waals surface area contributed by atoms with Gasteiger partial charge in [0.25, 0.3) is 7.82 Å². The molecular formula is C31H44N2O6P-. The maximum Gasteiger partial charge on any atom is 0.267 e. The van der Waals surface area contributed by atoms with Gasteiger partial charge in [-0.25, -0.2) is 0 Å². The van der Waals surface area contributed by atoms with Crippen LogP contribution in [0.25, 0.3) is 0 Å². The highest BCUT2D eigenvalue weighted by Gasteiger charge is 2.26. The molecule has 0 aliphatic carbocycles. The number of phosphoric ester groups is 1. The molecule has 1 aliphatic heterocycles. The van der Waals surface area contributed by atoms with E-state index < -0.39 is 7.82 Å². The Morgan fingerprint density at radius 1 is 0.925 bits per heavy atom. The maximum absolute atomic E-state index is 12.7. The van der Waals surface area contributed by atoms with Crippen LogP contribution in [0.1, 0.15) is 93.2 Å². The lowest BCUT2D eigenvalue weighted by atomic mass is 9.84. The van der Waals surface area contributed by atoms with Crippen molar-refractivity contribution in [1.82, 2.24) is 4.90 Å². The molecule has 0 fully saturated rings. The van der Waals surface area contributed by atoms with Crippen molar-refractivity contribution in [3.8, 4) is 0 Å². The number of benzene rings is 2. The highest BCUT2D eigenvalue weighted by molar-refractivity contribution is 7.45. The van der Waals surface area contributed by atoms with Crippen molar-refractivity contribution in [3.05, 3.63) is 65.2 Å². The highest BCUT2D eigenvalue weighted by Crippen LogP contribution is 2.37. The number of anilines is 1. The Morgan fingerprint density at radius 3 is 2.25 bits per heavy atom. The van der Waals surface area contributed by atoms with E-state index in [0.29, 0.717) is 25.7 Å². The average Bonchev–Trinajstić information content (AvgIpc) is 2.94. The van der Waals surface area contributed by atoms with E-state index in [2.05, 4.69) is 56.6 Å². The van der Waals surface area contributed by atoms with Crippen molar-refractivity contribution in [3.63, 3.8) is 0 Å². The summed E-state index contributed by atoms with van der Waals surface area (Å²) in [5.74, 6) is 0.598. The van der Waals surface area contributed by atoms with Crippen LogP contribution in [0, 0.1) is 0 Å². The first-order valence-electron chi connectivity index (χ1n) is 14.5. The summed E-state index contributed by atoms with van der Waals surface area (Å²) in [7, 11) is -0.932. The molecule has 1 heterocycles. The van der Waals surface area contributed by atoms with Crippen LogP contribution in [0.2, 0.25) is 0 Å². The number of hydrogen-bond donors (Lipinski definition) is 1. The molecule has 2 aromatic carbocycles. The van der Waals surface area contributed by atoms with E-state index in [0.717, 1.165) is 70.8 Å². The molecule has 2 atom stereocenters. The lowest BCUT2D eigenvalue weighted by Crippen LogP contribution is -2.32. The van der Waals surface area contributed by atoms with E-state index in [1.54, 1.807) is 0 Å². The molecule has 0 saturated heterocycles. The third-order valence-corrected chi connectivity index (χ3v) is 8.36. The van der Waals surface area contributed by atoms with Gasteiger partial charge < -0.3 is 24.2 Å². The largest absolute Gasteiger partial charge is 0.756 e. The molecule has 8 nitrogen and oxygen atoms in total. The number of carbonyl (C=O) groups is 2. The van der Waals surface area contributed by atoms with E-state index in [9.17, 15) is 19.0 Å². The summed E-state index contributed by atoms with van der Waals surface area (Å²) in [5, 5.41) is 3.16. The Hall–Kier alpha value is -2.35. The Kier molecular flexibility index (Phi) is 13.5. The molecule has 1 amide bonds. The fourth-order valence-corrected chi connectivity index (χ4v) is 5.70. The second kappa shape index (κ2) is 16.8. The van der Waals surface area contributed by atoms with Gasteiger partial charge in [0.1, 0.15) is 5.78 Å². The average molecular weight is 572 g/mol. The number of carbonyl (C=O) groups excluding carboxylic acids is 2. The van der Waals surface area contributed by atoms with Crippen LogP contribution in [0.5, 0.6) is 0 Å². The van der Waals surface area contributed by atoms with Crippen molar-refractivity contribution in [1.29, 1.82) is 0 Å². The third kappa shape index (κ3) is 10.9. The van der Waals surface area contributed by atoms with E-state index in [4.69, 9.17) is 0 Å².